The van der Waals surface area contributed by atoms with Crippen LogP contribution in [0.25, 0.3) is 0 Å². The fourth-order valence-electron chi connectivity index (χ4n) is 1.08. The molecule has 0 aliphatic carbocycles. The van der Waals surface area contributed by atoms with Crippen LogP contribution in [0, 0.1) is 0 Å². The van der Waals surface area contributed by atoms with Crippen LogP contribution in [-0.2, 0) is 4.79 Å². The number of carbonyl (C=O) groups is 1. The molecule has 0 fully saturated rings. The highest BCUT2D eigenvalue weighted by atomic mass is 32.2. The number of benzene rings is 1. The molecule has 0 radical (unpaired) electrons. The summed E-state index contributed by atoms with van der Waals surface area (Å²) in [5.41, 5.74) is 0. The second kappa shape index (κ2) is 6.35. The quantitative estimate of drug-likeness (QED) is 0.757. The first-order chi connectivity index (χ1) is 7.22. The zero-order valence-electron chi connectivity index (χ0n) is 8.60. The van der Waals surface area contributed by atoms with Gasteiger partial charge >= 0.3 is 5.97 Å². The molecule has 1 N–H and O–H groups in total. The van der Waals surface area contributed by atoms with Crippen molar-refractivity contribution in [2.75, 3.05) is 12.4 Å². The normalized spacial score (nSPS) is 9.93. The van der Waals surface area contributed by atoms with Crippen molar-refractivity contribution in [3.05, 3.63) is 24.3 Å². The number of thioether (sulfide) groups is 1. The molecule has 0 aliphatic heterocycles. The molecular weight excluding hydrogens is 212 g/mol. The molecule has 0 spiro atoms. The Bertz CT molecular complexity index is 325. The lowest BCUT2D eigenvalue weighted by Crippen LogP contribution is -1.96. The van der Waals surface area contributed by atoms with E-state index in [2.05, 4.69) is 0 Å². The summed E-state index contributed by atoms with van der Waals surface area (Å²) in [4.78, 5) is 11.4. The van der Waals surface area contributed by atoms with Crippen LogP contribution in [0.1, 0.15) is 13.3 Å². The highest BCUT2D eigenvalue weighted by Gasteiger charge is 2.00. The van der Waals surface area contributed by atoms with Crippen molar-refractivity contribution in [3.63, 3.8) is 0 Å². The van der Waals surface area contributed by atoms with Crippen molar-refractivity contribution in [1.82, 2.24) is 0 Å². The van der Waals surface area contributed by atoms with E-state index < -0.39 is 5.97 Å². The molecule has 0 aliphatic rings. The number of hydrogen-bond donors (Lipinski definition) is 1. The molecule has 0 unspecified atom stereocenters. The van der Waals surface area contributed by atoms with Gasteiger partial charge in [-0.15, -0.1) is 11.8 Å². The Morgan fingerprint density at radius 3 is 3.00 bits per heavy atom. The van der Waals surface area contributed by atoms with E-state index in [1.165, 1.54) is 11.8 Å². The molecule has 4 heteroatoms. The average molecular weight is 226 g/mol. The number of carboxylic acid groups (broad SMARTS) is 1. The van der Waals surface area contributed by atoms with Gasteiger partial charge in [0.1, 0.15) is 5.75 Å². The Kier molecular flexibility index (Phi) is 5.04. The van der Waals surface area contributed by atoms with Crippen molar-refractivity contribution in [3.8, 4) is 5.75 Å². The second-order valence-electron chi connectivity index (χ2n) is 2.90. The molecule has 0 saturated carbocycles. The van der Waals surface area contributed by atoms with Crippen LogP contribution in [-0.4, -0.2) is 23.4 Å². The van der Waals surface area contributed by atoms with Gasteiger partial charge in [-0.2, -0.15) is 0 Å². The SMILES string of the molecule is CCOc1cccc(SCCC(=O)O)c1. The molecule has 1 rings (SSSR count). The maximum atomic E-state index is 10.3. The number of carboxylic acids is 1. The summed E-state index contributed by atoms with van der Waals surface area (Å²) < 4.78 is 5.34. The third kappa shape index (κ3) is 4.74. The molecule has 82 valence electrons. The van der Waals surface area contributed by atoms with Crippen LogP contribution < -0.4 is 4.74 Å². The van der Waals surface area contributed by atoms with Crippen LogP contribution in [0.2, 0.25) is 0 Å². The molecule has 0 bridgehead atoms. The Morgan fingerprint density at radius 1 is 1.53 bits per heavy atom. The first-order valence-corrected chi connectivity index (χ1v) is 5.78. The largest absolute Gasteiger partial charge is 0.494 e. The van der Waals surface area contributed by atoms with E-state index >= 15 is 0 Å². The van der Waals surface area contributed by atoms with Crippen LogP contribution in [0.5, 0.6) is 5.75 Å². The lowest BCUT2D eigenvalue weighted by Gasteiger charge is -2.04. The van der Waals surface area contributed by atoms with Crippen LogP contribution in [0.3, 0.4) is 0 Å². The summed E-state index contributed by atoms with van der Waals surface area (Å²) in [5, 5.41) is 8.49. The fraction of sp³-hybridized carbons (Fsp3) is 0.364. The van der Waals surface area contributed by atoms with E-state index in [0.717, 1.165) is 10.6 Å². The van der Waals surface area contributed by atoms with E-state index in [-0.39, 0.29) is 6.42 Å². The topological polar surface area (TPSA) is 46.5 Å². The van der Waals surface area contributed by atoms with Crippen molar-refractivity contribution in [2.45, 2.75) is 18.2 Å². The summed E-state index contributed by atoms with van der Waals surface area (Å²) in [7, 11) is 0. The van der Waals surface area contributed by atoms with Gasteiger partial charge in [0.25, 0.3) is 0 Å². The minimum Gasteiger partial charge on any atom is -0.494 e. The fourth-order valence-corrected chi connectivity index (χ4v) is 1.96. The Morgan fingerprint density at radius 2 is 2.33 bits per heavy atom. The van der Waals surface area contributed by atoms with Crippen molar-refractivity contribution < 1.29 is 14.6 Å². The smallest absolute Gasteiger partial charge is 0.304 e. The Balaban J connectivity index is 2.46. The van der Waals surface area contributed by atoms with E-state index in [4.69, 9.17) is 9.84 Å². The lowest BCUT2D eigenvalue weighted by atomic mass is 10.3. The second-order valence-corrected chi connectivity index (χ2v) is 4.07. The predicted molar refractivity (Wildman–Crippen MR) is 60.6 cm³/mol. The Hall–Kier alpha value is -1.16. The molecule has 0 amide bonds. The molecule has 3 nitrogen and oxygen atoms in total. The lowest BCUT2D eigenvalue weighted by molar-refractivity contribution is -0.136. The summed E-state index contributed by atoms with van der Waals surface area (Å²) in [6, 6.07) is 7.68. The van der Waals surface area contributed by atoms with E-state index in [9.17, 15) is 4.79 Å². The van der Waals surface area contributed by atoms with Gasteiger partial charge in [-0.1, -0.05) is 6.07 Å². The molecule has 15 heavy (non-hydrogen) atoms. The zero-order valence-corrected chi connectivity index (χ0v) is 9.42. The van der Waals surface area contributed by atoms with Gasteiger partial charge in [0.05, 0.1) is 13.0 Å². The van der Waals surface area contributed by atoms with Gasteiger partial charge in [-0.05, 0) is 25.1 Å². The van der Waals surface area contributed by atoms with Crippen molar-refractivity contribution in [1.29, 1.82) is 0 Å². The number of rotatable bonds is 6. The Labute approximate surface area is 93.4 Å². The molecule has 1 aromatic carbocycles. The van der Waals surface area contributed by atoms with Crippen LogP contribution in [0.15, 0.2) is 29.2 Å². The van der Waals surface area contributed by atoms with Gasteiger partial charge in [0.2, 0.25) is 0 Å². The highest BCUT2D eigenvalue weighted by Crippen LogP contribution is 2.23. The van der Waals surface area contributed by atoms with Gasteiger partial charge in [0.15, 0.2) is 0 Å². The highest BCUT2D eigenvalue weighted by molar-refractivity contribution is 7.99. The zero-order chi connectivity index (χ0) is 11.1. The summed E-state index contributed by atoms with van der Waals surface area (Å²) in [6.07, 6.45) is 0.184. The third-order valence-electron chi connectivity index (χ3n) is 1.70. The minimum atomic E-state index is -0.761. The standard InChI is InChI=1S/C11H14O3S/c1-2-14-9-4-3-5-10(8-9)15-7-6-11(12)13/h3-5,8H,2,6-7H2,1H3,(H,12,13). The van der Waals surface area contributed by atoms with Crippen LogP contribution >= 0.6 is 11.8 Å². The monoisotopic (exact) mass is 226 g/mol. The summed E-state index contributed by atoms with van der Waals surface area (Å²) in [6.45, 7) is 2.58. The van der Waals surface area contributed by atoms with Gasteiger partial charge in [-0.3, -0.25) is 4.79 Å². The molecule has 0 atom stereocenters. The molecule has 0 heterocycles. The number of ether oxygens (including phenoxy) is 1. The number of aliphatic carboxylic acids is 1. The predicted octanol–water partition coefficient (Wildman–Crippen LogP) is 2.65. The van der Waals surface area contributed by atoms with Gasteiger partial charge in [-0.25, -0.2) is 0 Å². The van der Waals surface area contributed by atoms with E-state index in [0.29, 0.717) is 12.4 Å². The summed E-state index contributed by atoms with van der Waals surface area (Å²) in [5.74, 6) is 0.659. The minimum absolute atomic E-state index is 0.184. The van der Waals surface area contributed by atoms with Crippen molar-refractivity contribution >= 4 is 17.7 Å². The first-order valence-electron chi connectivity index (χ1n) is 4.80. The number of hydrogen-bond acceptors (Lipinski definition) is 3. The third-order valence-corrected chi connectivity index (χ3v) is 2.70. The summed E-state index contributed by atoms with van der Waals surface area (Å²) >= 11 is 1.53. The van der Waals surface area contributed by atoms with Crippen LogP contribution in [0.4, 0.5) is 0 Å². The molecule has 0 aromatic heterocycles. The molecular formula is C11H14O3S. The van der Waals surface area contributed by atoms with Gasteiger partial charge < -0.3 is 9.84 Å². The van der Waals surface area contributed by atoms with E-state index in [1.54, 1.807) is 0 Å². The van der Waals surface area contributed by atoms with Gasteiger partial charge in [0, 0.05) is 10.6 Å². The van der Waals surface area contributed by atoms with E-state index in [1.807, 2.05) is 31.2 Å². The van der Waals surface area contributed by atoms with Crippen molar-refractivity contribution in [2.24, 2.45) is 0 Å². The maximum absolute atomic E-state index is 10.3. The maximum Gasteiger partial charge on any atom is 0.304 e. The first kappa shape index (κ1) is 11.9. The molecule has 1 aromatic rings. The molecule has 0 saturated heterocycles. The average Bonchev–Trinajstić information content (AvgIpc) is 2.18.